The first kappa shape index (κ1) is 17.1. The number of aromatic nitrogens is 4. The normalized spacial score (nSPS) is 21.2. The van der Waals surface area contributed by atoms with Crippen LogP contribution in [0, 0.1) is 5.92 Å². The van der Waals surface area contributed by atoms with Crippen molar-refractivity contribution < 1.29 is 4.79 Å². The van der Waals surface area contributed by atoms with Crippen LogP contribution in [-0.4, -0.2) is 43.1 Å². The molecule has 0 spiro atoms. The maximum atomic E-state index is 12.8. The number of hydrogen-bond acceptors (Lipinski definition) is 3. The van der Waals surface area contributed by atoms with Crippen LogP contribution in [0.25, 0.3) is 0 Å². The Bertz CT molecular complexity index is 703. The van der Waals surface area contributed by atoms with E-state index in [-0.39, 0.29) is 12.1 Å². The van der Waals surface area contributed by atoms with Crippen molar-refractivity contribution in [3.63, 3.8) is 0 Å². The molecule has 2 aromatic rings. The second-order valence-corrected chi connectivity index (χ2v) is 7.55. The van der Waals surface area contributed by atoms with Crippen molar-refractivity contribution >= 4 is 11.8 Å². The van der Waals surface area contributed by atoms with Gasteiger partial charge >= 0.3 is 6.03 Å². The Labute approximate surface area is 154 Å². The predicted molar refractivity (Wildman–Crippen MR) is 99.8 cm³/mol. The molecule has 2 aliphatic rings. The molecule has 140 valence electrons. The summed E-state index contributed by atoms with van der Waals surface area (Å²) in [6.07, 6.45) is 14.1. The van der Waals surface area contributed by atoms with Crippen molar-refractivity contribution in [1.29, 1.82) is 0 Å². The van der Waals surface area contributed by atoms with Crippen LogP contribution in [0.3, 0.4) is 0 Å². The topological polar surface area (TPSA) is 68.0 Å². The van der Waals surface area contributed by atoms with Crippen molar-refractivity contribution in [3.05, 3.63) is 30.7 Å². The molecule has 0 aromatic carbocycles. The van der Waals surface area contributed by atoms with Gasteiger partial charge in [-0.25, -0.2) is 9.48 Å². The average molecular weight is 356 g/mol. The predicted octanol–water partition coefficient (Wildman–Crippen LogP) is 3.36. The number of urea groups is 1. The standard InChI is InChI=1S/C19H28N6O/c26-19(24-13-4-8-17(24)15-23-12-5-10-20-23)22-18-9-11-21-25(18)14-16-6-2-1-3-7-16/h5,9-12,16-17H,1-4,6-8,13-15H2,(H,22,26)/t17-/m1/s1. The lowest BCUT2D eigenvalue weighted by molar-refractivity contribution is 0.199. The van der Waals surface area contributed by atoms with Crippen molar-refractivity contribution in [3.8, 4) is 0 Å². The molecule has 1 atom stereocenters. The lowest BCUT2D eigenvalue weighted by Gasteiger charge is -2.26. The van der Waals surface area contributed by atoms with E-state index >= 15 is 0 Å². The molecule has 1 saturated carbocycles. The molecule has 0 radical (unpaired) electrons. The van der Waals surface area contributed by atoms with E-state index < -0.39 is 0 Å². The first-order valence-corrected chi connectivity index (χ1v) is 9.86. The number of rotatable bonds is 5. The van der Waals surface area contributed by atoms with E-state index in [2.05, 4.69) is 15.5 Å². The number of amides is 2. The number of carbonyl (C=O) groups is 1. The fraction of sp³-hybridized carbons (Fsp3) is 0.632. The number of nitrogens with one attached hydrogen (secondary N) is 1. The molecule has 1 N–H and O–H groups in total. The summed E-state index contributed by atoms with van der Waals surface area (Å²) in [5.41, 5.74) is 0. The van der Waals surface area contributed by atoms with Crippen molar-refractivity contribution in [2.24, 2.45) is 5.92 Å². The van der Waals surface area contributed by atoms with Gasteiger partial charge in [-0.1, -0.05) is 19.3 Å². The smallest absolute Gasteiger partial charge is 0.320 e. The highest BCUT2D eigenvalue weighted by atomic mass is 16.2. The lowest BCUT2D eigenvalue weighted by Crippen LogP contribution is -2.41. The van der Waals surface area contributed by atoms with E-state index in [4.69, 9.17) is 0 Å². The van der Waals surface area contributed by atoms with E-state index in [0.29, 0.717) is 5.92 Å². The van der Waals surface area contributed by atoms with Gasteiger partial charge in [-0.05, 0) is 37.7 Å². The summed E-state index contributed by atoms with van der Waals surface area (Å²) in [6, 6.07) is 4.00. The molecule has 1 aliphatic carbocycles. The summed E-state index contributed by atoms with van der Waals surface area (Å²) < 4.78 is 3.87. The fourth-order valence-corrected chi connectivity index (χ4v) is 4.30. The van der Waals surface area contributed by atoms with E-state index in [0.717, 1.165) is 38.3 Å². The number of likely N-dealkylation sites (tertiary alicyclic amines) is 1. The Balaban J connectivity index is 1.37. The van der Waals surface area contributed by atoms with Gasteiger partial charge in [0.05, 0.1) is 18.8 Å². The van der Waals surface area contributed by atoms with Crippen LogP contribution < -0.4 is 5.32 Å². The molecule has 3 heterocycles. The minimum Gasteiger partial charge on any atom is -0.320 e. The van der Waals surface area contributed by atoms with Crippen LogP contribution in [0.4, 0.5) is 10.6 Å². The third-order valence-corrected chi connectivity index (χ3v) is 5.70. The Morgan fingerprint density at radius 3 is 2.77 bits per heavy atom. The van der Waals surface area contributed by atoms with Crippen LogP contribution in [0.2, 0.25) is 0 Å². The zero-order valence-electron chi connectivity index (χ0n) is 15.3. The highest BCUT2D eigenvalue weighted by Crippen LogP contribution is 2.26. The van der Waals surface area contributed by atoms with Crippen LogP contribution in [-0.2, 0) is 13.1 Å². The van der Waals surface area contributed by atoms with Crippen LogP contribution in [0.5, 0.6) is 0 Å². The molecule has 7 heteroatoms. The first-order chi connectivity index (χ1) is 12.8. The number of anilines is 1. The van der Waals surface area contributed by atoms with Crippen LogP contribution in [0.1, 0.15) is 44.9 Å². The lowest BCUT2D eigenvalue weighted by atomic mass is 9.89. The van der Waals surface area contributed by atoms with E-state index in [9.17, 15) is 4.79 Å². The molecule has 2 amide bonds. The van der Waals surface area contributed by atoms with Crippen molar-refractivity contribution in [2.75, 3.05) is 11.9 Å². The van der Waals surface area contributed by atoms with Gasteiger partial charge in [-0.3, -0.25) is 10.00 Å². The SMILES string of the molecule is O=C(Nc1ccnn1CC1CCCCC1)N1CCC[C@@H]1Cn1cccn1. The molecular formula is C19H28N6O. The third-order valence-electron chi connectivity index (χ3n) is 5.70. The van der Waals surface area contributed by atoms with Gasteiger partial charge in [-0.2, -0.15) is 10.2 Å². The highest BCUT2D eigenvalue weighted by molar-refractivity contribution is 5.88. The van der Waals surface area contributed by atoms with Gasteiger partial charge < -0.3 is 4.90 Å². The molecule has 0 bridgehead atoms. The van der Waals surface area contributed by atoms with Crippen molar-refractivity contribution in [1.82, 2.24) is 24.5 Å². The number of hydrogen-bond donors (Lipinski definition) is 1. The fourth-order valence-electron chi connectivity index (χ4n) is 4.30. The van der Waals surface area contributed by atoms with Gasteiger partial charge in [0.1, 0.15) is 5.82 Å². The van der Waals surface area contributed by atoms with E-state index in [1.807, 2.05) is 32.6 Å². The summed E-state index contributed by atoms with van der Waals surface area (Å²) >= 11 is 0. The molecule has 7 nitrogen and oxygen atoms in total. The monoisotopic (exact) mass is 356 g/mol. The quantitative estimate of drug-likeness (QED) is 0.893. The van der Waals surface area contributed by atoms with E-state index in [1.165, 1.54) is 32.1 Å². The molecule has 0 unspecified atom stereocenters. The van der Waals surface area contributed by atoms with Gasteiger partial charge in [-0.15, -0.1) is 0 Å². The second-order valence-electron chi connectivity index (χ2n) is 7.55. The van der Waals surface area contributed by atoms with Crippen LogP contribution in [0.15, 0.2) is 30.7 Å². The Hall–Kier alpha value is -2.31. The van der Waals surface area contributed by atoms with Gasteiger partial charge in [0, 0.05) is 31.5 Å². The van der Waals surface area contributed by atoms with Gasteiger partial charge in [0.2, 0.25) is 0 Å². The minimum atomic E-state index is -0.0231. The largest absolute Gasteiger partial charge is 0.323 e. The molecule has 2 aromatic heterocycles. The average Bonchev–Trinajstić information content (AvgIpc) is 3.40. The van der Waals surface area contributed by atoms with Gasteiger partial charge in [0.25, 0.3) is 0 Å². The minimum absolute atomic E-state index is 0.0231. The molecule has 2 fully saturated rings. The number of carbonyl (C=O) groups excluding carboxylic acids is 1. The Morgan fingerprint density at radius 2 is 1.96 bits per heavy atom. The zero-order valence-corrected chi connectivity index (χ0v) is 15.3. The summed E-state index contributed by atoms with van der Waals surface area (Å²) in [4.78, 5) is 14.8. The molecule has 4 rings (SSSR count). The number of nitrogens with zero attached hydrogens (tertiary/aromatic N) is 5. The third kappa shape index (κ3) is 3.92. The maximum absolute atomic E-state index is 12.8. The summed E-state index contributed by atoms with van der Waals surface area (Å²) in [7, 11) is 0. The highest BCUT2D eigenvalue weighted by Gasteiger charge is 2.29. The summed E-state index contributed by atoms with van der Waals surface area (Å²) in [6.45, 7) is 2.45. The van der Waals surface area contributed by atoms with Crippen LogP contribution >= 0.6 is 0 Å². The second kappa shape index (κ2) is 7.93. The maximum Gasteiger partial charge on any atom is 0.323 e. The van der Waals surface area contributed by atoms with E-state index in [1.54, 1.807) is 12.4 Å². The Morgan fingerprint density at radius 1 is 1.08 bits per heavy atom. The molecule has 1 aliphatic heterocycles. The Kier molecular flexibility index (Phi) is 5.22. The summed E-state index contributed by atoms with van der Waals surface area (Å²) in [5.74, 6) is 1.49. The zero-order chi connectivity index (χ0) is 17.8. The first-order valence-electron chi connectivity index (χ1n) is 9.86. The molecular weight excluding hydrogens is 328 g/mol. The summed E-state index contributed by atoms with van der Waals surface area (Å²) in [5, 5.41) is 11.8. The van der Waals surface area contributed by atoms with Crippen molar-refractivity contribution in [2.45, 2.75) is 64.1 Å². The van der Waals surface area contributed by atoms with Gasteiger partial charge in [0.15, 0.2) is 0 Å². The molecule has 1 saturated heterocycles. The molecule has 26 heavy (non-hydrogen) atoms.